The second-order valence-corrected chi connectivity index (χ2v) is 5.67. The second-order valence-electron chi connectivity index (χ2n) is 5.23. The Balaban J connectivity index is 1.81. The van der Waals surface area contributed by atoms with Crippen LogP contribution >= 0.6 is 11.6 Å². The molecule has 7 heteroatoms. The van der Waals surface area contributed by atoms with Gasteiger partial charge in [0.05, 0.1) is 18.0 Å². The Morgan fingerprint density at radius 3 is 2.62 bits per heavy atom. The van der Waals surface area contributed by atoms with Crippen LogP contribution in [0.25, 0.3) is 0 Å². The summed E-state index contributed by atoms with van der Waals surface area (Å²) in [6.07, 6.45) is 0.153. The van der Waals surface area contributed by atoms with Crippen molar-refractivity contribution < 1.29 is 14.0 Å². The van der Waals surface area contributed by atoms with Crippen LogP contribution in [-0.2, 0) is 4.79 Å². The van der Waals surface area contributed by atoms with Gasteiger partial charge in [-0.05, 0) is 29.8 Å². The van der Waals surface area contributed by atoms with Crippen molar-refractivity contribution in [3.8, 4) is 0 Å². The van der Waals surface area contributed by atoms with E-state index >= 15 is 0 Å². The number of aliphatic imine (C=N–C) groups is 1. The lowest BCUT2D eigenvalue weighted by atomic mass is 10.0. The molecule has 1 heterocycles. The van der Waals surface area contributed by atoms with Gasteiger partial charge in [0.1, 0.15) is 5.82 Å². The summed E-state index contributed by atoms with van der Waals surface area (Å²) in [6, 6.07) is 12.1. The predicted molar refractivity (Wildman–Crippen MR) is 88.3 cm³/mol. The predicted octanol–water partition coefficient (Wildman–Crippen LogP) is 2.83. The number of guanidine groups is 1. The van der Waals surface area contributed by atoms with Gasteiger partial charge in [-0.25, -0.2) is 9.38 Å². The van der Waals surface area contributed by atoms with Gasteiger partial charge in [-0.3, -0.25) is 20.2 Å². The molecule has 2 N–H and O–H groups in total. The maximum absolute atomic E-state index is 13.6. The monoisotopic (exact) mass is 345 g/mol. The third kappa shape index (κ3) is 3.60. The van der Waals surface area contributed by atoms with E-state index in [1.807, 2.05) is 0 Å². The lowest BCUT2D eigenvalue weighted by Gasteiger charge is -2.21. The zero-order valence-electron chi connectivity index (χ0n) is 12.4. The van der Waals surface area contributed by atoms with Crippen LogP contribution in [0.1, 0.15) is 28.4 Å². The molecule has 24 heavy (non-hydrogen) atoms. The van der Waals surface area contributed by atoms with Crippen molar-refractivity contribution in [3.63, 3.8) is 0 Å². The van der Waals surface area contributed by atoms with Crippen LogP contribution in [0.2, 0.25) is 5.02 Å². The molecule has 2 aromatic rings. The molecule has 1 aliphatic heterocycles. The summed E-state index contributed by atoms with van der Waals surface area (Å²) in [5.41, 5.74) is 0.676. The number of halogens is 2. The average Bonchev–Trinajstić information content (AvgIpc) is 2.55. The lowest BCUT2D eigenvalue weighted by molar-refractivity contribution is -0.120. The molecular weight excluding hydrogens is 333 g/mol. The fourth-order valence-electron chi connectivity index (χ4n) is 2.35. The smallest absolute Gasteiger partial charge is 0.260 e. The molecule has 0 radical (unpaired) electrons. The molecule has 0 fully saturated rings. The largest absolute Gasteiger partial charge is 0.296 e. The molecule has 2 amide bonds. The van der Waals surface area contributed by atoms with Crippen molar-refractivity contribution in [2.75, 3.05) is 0 Å². The Bertz CT molecular complexity index is 821. The molecule has 0 spiro atoms. The molecule has 3 rings (SSSR count). The van der Waals surface area contributed by atoms with Crippen LogP contribution in [0, 0.1) is 5.82 Å². The zero-order valence-corrected chi connectivity index (χ0v) is 13.2. The van der Waals surface area contributed by atoms with Crippen molar-refractivity contribution >= 4 is 29.4 Å². The highest BCUT2D eigenvalue weighted by Crippen LogP contribution is 2.24. The van der Waals surface area contributed by atoms with Crippen LogP contribution in [-0.4, -0.2) is 17.8 Å². The SMILES string of the molecule is O=C1CC(c2ccc(Cl)cc2)N=C(NC(=O)c2ccccc2F)N1. The standard InChI is InChI=1S/C17H13ClFN3O2/c18-11-7-5-10(6-8-11)14-9-15(23)21-17(20-14)22-16(24)12-3-1-2-4-13(12)19/h1-8,14H,9H2,(H2,20,21,22,23,24). The van der Waals surface area contributed by atoms with Gasteiger partial charge in [-0.15, -0.1) is 0 Å². The molecule has 0 aliphatic carbocycles. The van der Waals surface area contributed by atoms with Gasteiger partial charge in [-0.1, -0.05) is 35.9 Å². The van der Waals surface area contributed by atoms with Gasteiger partial charge in [0, 0.05) is 5.02 Å². The molecule has 122 valence electrons. The Morgan fingerprint density at radius 1 is 1.21 bits per heavy atom. The van der Waals surface area contributed by atoms with Gasteiger partial charge in [-0.2, -0.15) is 0 Å². The minimum absolute atomic E-state index is 0.000506. The number of hydrogen-bond donors (Lipinski definition) is 2. The quantitative estimate of drug-likeness (QED) is 0.878. The summed E-state index contributed by atoms with van der Waals surface area (Å²) in [4.78, 5) is 28.3. The van der Waals surface area contributed by atoms with Gasteiger partial charge in [0.15, 0.2) is 0 Å². The van der Waals surface area contributed by atoms with E-state index in [0.29, 0.717) is 5.02 Å². The van der Waals surface area contributed by atoms with E-state index in [0.717, 1.165) is 5.56 Å². The van der Waals surface area contributed by atoms with Crippen molar-refractivity contribution in [1.29, 1.82) is 0 Å². The summed E-state index contributed by atoms with van der Waals surface area (Å²) in [5, 5.41) is 5.49. The van der Waals surface area contributed by atoms with E-state index in [4.69, 9.17) is 11.6 Å². The molecule has 0 bridgehead atoms. The molecule has 1 aliphatic rings. The first-order valence-electron chi connectivity index (χ1n) is 7.22. The summed E-state index contributed by atoms with van der Waals surface area (Å²) < 4.78 is 13.6. The fraction of sp³-hybridized carbons (Fsp3) is 0.118. The second kappa shape index (κ2) is 6.80. The Labute approximate surface area is 142 Å². The van der Waals surface area contributed by atoms with Gasteiger partial charge in [0.25, 0.3) is 5.91 Å². The van der Waals surface area contributed by atoms with Gasteiger partial charge < -0.3 is 0 Å². The molecule has 0 saturated heterocycles. The van der Waals surface area contributed by atoms with Crippen LogP contribution in [0.15, 0.2) is 53.5 Å². The lowest BCUT2D eigenvalue weighted by Crippen LogP contribution is -2.47. The minimum atomic E-state index is -0.677. The summed E-state index contributed by atoms with van der Waals surface area (Å²) in [7, 11) is 0. The number of carbonyl (C=O) groups excluding carboxylic acids is 2. The first-order chi connectivity index (χ1) is 11.5. The van der Waals surface area contributed by atoms with Crippen molar-refractivity contribution in [2.24, 2.45) is 4.99 Å². The first kappa shape index (κ1) is 16.1. The number of amides is 2. The van der Waals surface area contributed by atoms with Crippen molar-refractivity contribution in [2.45, 2.75) is 12.5 Å². The van der Waals surface area contributed by atoms with Crippen LogP contribution in [0.5, 0.6) is 0 Å². The molecule has 2 aromatic carbocycles. The normalized spacial score (nSPS) is 17.0. The number of rotatable bonds is 2. The first-order valence-corrected chi connectivity index (χ1v) is 7.60. The van der Waals surface area contributed by atoms with Gasteiger partial charge >= 0.3 is 0 Å². The number of hydrogen-bond acceptors (Lipinski definition) is 3. The van der Waals surface area contributed by atoms with Crippen molar-refractivity contribution in [3.05, 3.63) is 70.5 Å². The molecule has 1 unspecified atom stereocenters. The Morgan fingerprint density at radius 2 is 1.92 bits per heavy atom. The number of carbonyl (C=O) groups is 2. The summed E-state index contributed by atoms with van der Waals surface area (Å²) in [6.45, 7) is 0. The topological polar surface area (TPSA) is 70.6 Å². The van der Waals surface area contributed by atoms with E-state index in [2.05, 4.69) is 15.6 Å². The third-order valence-electron chi connectivity index (χ3n) is 3.53. The van der Waals surface area contributed by atoms with Crippen LogP contribution < -0.4 is 10.6 Å². The average molecular weight is 346 g/mol. The van der Waals surface area contributed by atoms with E-state index in [1.165, 1.54) is 18.2 Å². The maximum atomic E-state index is 13.6. The molecule has 1 atom stereocenters. The molecule has 0 aromatic heterocycles. The van der Waals surface area contributed by atoms with E-state index in [9.17, 15) is 14.0 Å². The minimum Gasteiger partial charge on any atom is -0.296 e. The fourth-order valence-corrected chi connectivity index (χ4v) is 2.48. The molecular formula is C17H13ClFN3O2. The highest BCUT2D eigenvalue weighted by Gasteiger charge is 2.24. The van der Waals surface area contributed by atoms with Crippen molar-refractivity contribution in [1.82, 2.24) is 10.6 Å². The van der Waals surface area contributed by atoms with Crippen LogP contribution in [0.4, 0.5) is 4.39 Å². The van der Waals surface area contributed by atoms with Gasteiger partial charge in [0.2, 0.25) is 11.9 Å². The Hall–Kier alpha value is -2.73. The summed E-state index contributed by atoms with van der Waals surface area (Å²) >= 11 is 5.85. The highest BCUT2D eigenvalue weighted by molar-refractivity contribution is 6.30. The number of nitrogens with one attached hydrogen (secondary N) is 2. The van der Waals surface area contributed by atoms with Crippen LogP contribution in [0.3, 0.4) is 0 Å². The number of benzene rings is 2. The number of nitrogens with zero attached hydrogens (tertiary/aromatic N) is 1. The van der Waals surface area contributed by atoms with E-state index in [-0.39, 0.29) is 23.9 Å². The molecule has 5 nitrogen and oxygen atoms in total. The Kier molecular flexibility index (Phi) is 4.57. The highest BCUT2D eigenvalue weighted by atomic mass is 35.5. The maximum Gasteiger partial charge on any atom is 0.260 e. The summed E-state index contributed by atoms with van der Waals surface area (Å²) in [5.74, 6) is -1.61. The van der Waals surface area contributed by atoms with E-state index < -0.39 is 17.8 Å². The molecule has 0 saturated carbocycles. The zero-order chi connectivity index (χ0) is 17.1. The third-order valence-corrected chi connectivity index (χ3v) is 3.78. The van der Waals surface area contributed by atoms with E-state index in [1.54, 1.807) is 30.3 Å².